The highest BCUT2D eigenvalue weighted by molar-refractivity contribution is 5.93. The number of carbonyl (C=O) groups is 2. The van der Waals surface area contributed by atoms with Crippen LogP contribution in [0.3, 0.4) is 0 Å². The van der Waals surface area contributed by atoms with Crippen molar-refractivity contribution in [1.29, 1.82) is 0 Å². The molecule has 0 aliphatic carbocycles. The Kier molecular flexibility index (Phi) is 3.17. The maximum absolute atomic E-state index is 12.1. The van der Waals surface area contributed by atoms with Crippen molar-refractivity contribution in [2.75, 3.05) is 20.2 Å². The molecule has 1 saturated heterocycles. The van der Waals surface area contributed by atoms with Crippen LogP contribution < -0.4 is 0 Å². The molecule has 0 saturated carbocycles. The van der Waals surface area contributed by atoms with E-state index in [0.717, 1.165) is 5.56 Å². The van der Waals surface area contributed by atoms with Gasteiger partial charge >= 0.3 is 5.97 Å². The van der Waals surface area contributed by atoms with Gasteiger partial charge in [-0.05, 0) is 19.4 Å². The Bertz CT molecular complexity index is 437. The average Bonchev–Trinajstić information content (AvgIpc) is 2.95. The summed E-state index contributed by atoms with van der Waals surface area (Å²) in [4.78, 5) is 25.0. The topological polar surface area (TPSA) is 59.8 Å². The summed E-state index contributed by atoms with van der Waals surface area (Å²) in [6.07, 6.45) is 2.15. The number of likely N-dealkylation sites (tertiary alicyclic amines) is 1. The first-order valence-corrected chi connectivity index (χ1v) is 5.54. The van der Waals surface area contributed by atoms with Gasteiger partial charge in [0.1, 0.15) is 0 Å². The van der Waals surface area contributed by atoms with Gasteiger partial charge in [-0.15, -0.1) is 0 Å². The van der Waals surface area contributed by atoms with Crippen LogP contribution in [0.15, 0.2) is 16.7 Å². The number of amides is 1. The molecule has 92 valence electrons. The molecule has 1 aromatic rings. The minimum absolute atomic E-state index is 0.154. The lowest BCUT2D eigenvalue weighted by Crippen LogP contribution is -2.30. The molecule has 0 aromatic carbocycles. The van der Waals surface area contributed by atoms with Gasteiger partial charge in [0.25, 0.3) is 5.91 Å². The summed E-state index contributed by atoms with van der Waals surface area (Å²) < 4.78 is 9.83. The Labute approximate surface area is 99.3 Å². The number of nitrogens with zero attached hydrogens (tertiary/aromatic N) is 1. The number of furan rings is 1. The van der Waals surface area contributed by atoms with Crippen LogP contribution in [0.25, 0.3) is 0 Å². The summed E-state index contributed by atoms with van der Waals surface area (Å²) in [5, 5.41) is 0. The van der Waals surface area contributed by atoms with Gasteiger partial charge in [0, 0.05) is 18.7 Å². The van der Waals surface area contributed by atoms with Crippen molar-refractivity contribution in [3.8, 4) is 0 Å². The zero-order valence-electron chi connectivity index (χ0n) is 9.93. The van der Waals surface area contributed by atoms with Gasteiger partial charge < -0.3 is 14.1 Å². The van der Waals surface area contributed by atoms with Gasteiger partial charge in [-0.25, -0.2) is 0 Å². The van der Waals surface area contributed by atoms with Gasteiger partial charge in [-0.1, -0.05) is 0 Å². The van der Waals surface area contributed by atoms with Crippen LogP contribution in [0.1, 0.15) is 22.5 Å². The van der Waals surface area contributed by atoms with E-state index in [1.165, 1.54) is 13.4 Å². The number of methoxy groups -OCH3 is 1. The van der Waals surface area contributed by atoms with E-state index in [2.05, 4.69) is 4.74 Å². The fourth-order valence-corrected chi connectivity index (χ4v) is 2.04. The van der Waals surface area contributed by atoms with Crippen molar-refractivity contribution < 1.29 is 18.7 Å². The predicted octanol–water partition coefficient (Wildman–Crippen LogP) is 1.22. The molecule has 1 amide bonds. The number of aryl methyl sites for hydroxylation is 1. The lowest BCUT2D eigenvalue weighted by molar-refractivity contribution is -0.144. The Hall–Kier alpha value is -1.78. The largest absolute Gasteiger partial charge is 0.469 e. The van der Waals surface area contributed by atoms with Crippen LogP contribution in [-0.4, -0.2) is 37.0 Å². The van der Waals surface area contributed by atoms with E-state index in [0.29, 0.717) is 25.3 Å². The number of rotatable bonds is 2. The standard InChI is InChI=1S/C12H15NO4/c1-8-4-6-17-10(8)11(14)13-5-3-9(7-13)12(15)16-2/h4,6,9H,3,5,7H2,1-2H3. The van der Waals surface area contributed by atoms with Gasteiger partial charge in [0.15, 0.2) is 5.76 Å². The first-order chi connectivity index (χ1) is 8.13. The van der Waals surface area contributed by atoms with Crippen LogP contribution in [0, 0.1) is 12.8 Å². The molecular formula is C12H15NO4. The Morgan fingerprint density at radius 1 is 1.53 bits per heavy atom. The minimum Gasteiger partial charge on any atom is -0.469 e. The molecule has 0 bridgehead atoms. The van der Waals surface area contributed by atoms with Crippen molar-refractivity contribution in [3.05, 3.63) is 23.7 Å². The first-order valence-electron chi connectivity index (χ1n) is 5.54. The molecule has 1 fully saturated rings. The molecule has 17 heavy (non-hydrogen) atoms. The second kappa shape index (κ2) is 4.61. The molecule has 1 atom stereocenters. The van der Waals surface area contributed by atoms with E-state index in [-0.39, 0.29) is 17.8 Å². The fourth-order valence-electron chi connectivity index (χ4n) is 2.04. The molecule has 1 aliphatic rings. The van der Waals surface area contributed by atoms with E-state index in [1.807, 2.05) is 6.92 Å². The smallest absolute Gasteiger partial charge is 0.310 e. The van der Waals surface area contributed by atoms with Crippen LogP contribution in [-0.2, 0) is 9.53 Å². The summed E-state index contributed by atoms with van der Waals surface area (Å²) in [6.45, 7) is 2.80. The van der Waals surface area contributed by atoms with Crippen LogP contribution in [0.4, 0.5) is 0 Å². The van der Waals surface area contributed by atoms with E-state index < -0.39 is 0 Å². The molecule has 2 rings (SSSR count). The molecule has 1 unspecified atom stereocenters. The van der Waals surface area contributed by atoms with Crippen molar-refractivity contribution in [2.24, 2.45) is 5.92 Å². The lowest BCUT2D eigenvalue weighted by Gasteiger charge is -2.14. The number of esters is 1. The van der Waals surface area contributed by atoms with Crippen LogP contribution >= 0.6 is 0 Å². The van der Waals surface area contributed by atoms with Gasteiger partial charge in [-0.3, -0.25) is 9.59 Å². The fraction of sp³-hybridized carbons (Fsp3) is 0.500. The van der Waals surface area contributed by atoms with E-state index in [1.54, 1.807) is 11.0 Å². The first kappa shape index (κ1) is 11.7. The second-order valence-electron chi connectivity index (χ2n) is 4.19. The zero-order chi connectivity index (χ0) is 12.4. The number of ether oxygens (including phenoxy) is 1. The minimum atomic E-state index is -0.253. The summed E-state index contributed by atoms with van der Waals surface area (Å²) in [5.41, 5.74) is 0.816. The average molecular weight is 237 g/mol. The maximum Gasteiger partial charge on any atom is 0.310 e. The Morgan fingerprint density at radius 2 is 2.29 bits per heavy atom. The third kappa shape index (κ3) is 2.18. The highest BCUT2D eigenvalue weighted by Gasteiger charge is 2.33. The zero-order valence-corrected chi connectivity index (χ0v) is 9.93. The molecule has 5 nitrogen and oxygen atoms in total. The van der Waals surface area contributed by atoms with Gasteiger partial charge in [0.05, 0.1) is 19.3 Å². The molecule has 5 heteroatoms. The van der Waals surface area contributed by atoms with Crippen LogP contribution in [0.5, 0.6) is 0 Å². The van der Waals surface area contributed by atoms with Crippen molar-refractivity contribution in [2.45, 2.75) is 13.3 Å². The third-order valence-electron chi connectivity index (χ3n) is 3.07. The van der Waals surface area contributed by atoms with E-state index >= 15 is 0 Å². The van der Waals surface area contributed by atoms with Gasteiger partial charge in [0.2, 0.25) is 0 Å². The van der Waals surface area contributed by atoms with Crippen molar-refractivity contribution in [1.82, 2.24) is 4.90 Å². The summed E-state index contributed by atoms with van der Waals surface area (Å²) in [6, 6.07) is 1.75. The van der Waals surface area contributed by atoms with Crippen molar-refractivity contribution in [3.63, 3.8) is 0 Å². The molecule has 0 spiro atoms. The highest BCUT2D eigenvalue weighted by atomic mass is 16.5. The molecular weight excluding hydrogens is 222 g/mol. The molecule has 1 aliphatic heterocycles. The van der Waals surface area contributed by atoms with Gasteiger partial charge in [-0.2, -0.15) is 0 Å². The Balaban J connectivity index is 2.04. The molecule has 0 radical (unpaired) electrons. The van der Waals surface area contributed by atoms with Crippen molar-refractivity contribution >= 4 is 11.9 Å². The summed E-state index contributed by atoms with van der Waals surface area (Å²) >= 11 is 0. The van der Waals surface area contributed by atoms with E-state index in [9.17, 15) is 9.59 Å². The maximum atomic E-state index is 12.1. The third-order valence-corrected chi connectivity index (χ3v) is 3.07. The Morgan fingerprint density at radius 3 is 2.88 bits per heavy atom. The predicted molar refractivity (Wildman–Crippen MR) is 59.5 cm³/mol. The SMILES string of the molecule is COC(=O)C1CCN(C(=O)c2occc2C)C1. The lowest BCUT2D eigenvalue weighted by atomic mass is 10.1. The summed E-state index contributed by atoms with van der Waals surface area (Å²) in [5.74, 6) is -0.259. The second-order valence-corrected chi connectivity index (χ2v) is 4.19. The number of carbonyl (C=O) groups excluding carboxylic acids is 2. The van der Waals surface area contributed by atoms with E-state index in [4.69, 9.17) is 4.42 Å². The molecule has 0 N–H and O–H groups in total. The highest BCUT2D eigenvalue weighted by Crippen LogP contribution is 2.21. The number of hydrogen-bond acceptors (Lipinski definition) is 4. The normalized spacial score (nSPS) is 19.4. The number of hydrogen-bond donors (Lipinski definition) is 0. The molecule has 1 aromatic heterocycles. The monoisotopic (exact) mass is 237 g/mol. The summed E-state index contributed by atoms with van der Waals surface area (Å²) in [7, 11) is 1.36. The molecule has 2 heterocycles. The quantitative estimate of drug-likeness (QED) is 0.726. The van der Waals surface area contributed by atoms with Crippen LogP contribution in [0.2, 0.25) is 0 Å².